The Labute approximate surface area is 143 Å². The normalized spacial score (nSPS) is 11.7. The lowest BCUT2D eigenvalue weighted by atomic mass is 10.1. The van der Waals surface area contributed by atoms with Crippen LogP contribution in [0.25, 0.3) is 0 Å². The Hall–Kier alpha value is -0.500. The van der Waals surface area contributed by atoms with Gasteiger partial charge in [0.2, 0.25) is 0 Å². The Balaban J connectivity index is 3.15. The Bertz CT molecular complexity index is 294. The summed E-state index contributed by atoms with van der Waals surface area (Å²) >= 11 is 1.46. The van der Waals surface area contributed by atoms with Gasteiger partial charge in [-0.1, -0.05) is 81.5 Å². The highest BCUT2D eigenvalue weighted by Crippen LogP contribution is 2.11. The van der Waals surface area contributed by atoms with Crippen LogP contribution < -0.4 is 0 Å². The smallest absolute Gasteiger partial charge is 0.185 e. The van der Waals surface area contributed by atoms with Crippen LogP contribution in [-0.2, 0) is 4.79 Å². The van der Waals surface area contributed by atoms with Crippen molar-refractivity contribution in [3.8, 4) is 0 Å². The maximum Gasteiger partial charge on any atom is 0.185 e. The second kappa shape index (κ2) is 18.5. The van der Waals surface area contributed by atoms with E-state index in [1.807, 2.05) is 0 Å². The number of hydrogen-bond donors (Lipinski definition) is 0. The van der Waals surface area contributed by atoms with Gasteiger partial charge in [-0.25, -0.2) is 0 Å². The summed E-state index contributed by atoms with van der Waals surface area (Å²) in [6, 6.07) is 0. The van der Waals surface area contributed by atoms with E-state index in [1.165, 1.54) is 82.4 Å². The van der Waals surface area contributed by atoms with Gasteiger partial charge in [0.05, 0.1) is 0 Å². The zero-order chi connectivity index (χ0) is 16.3. The quantitative estimate of drug-likeness (QED) is 0.236. The van der Waals surface area contributed by atoms with E-state index in [9.17, 15) is 4.79 Å². The van der Waals surface area contributed by atoms with Crippen molar-refractivity contribution in [2.75, 3.05) is 5.75 Å². The molecule has 0 fully saturated rings. The highest BCUT2D eigenvalue weighted by atomic mass is 32.2. The molecule has 128 valence electrons. The molecular formula is C20H36OS. The van der Waals surface area contributed by atoms with Crippen molar-refractivity contribution in [1.82, 2.24) is 0 Å². The van der Waals surface area contributed by atoms with Crippen LogP contribution in [0.4, 0.5) is 0 Å². The molecule has 2 heteroatoms. The van der Waals surface area contributed by atoms with Crippen molar-refractivity contribution in [3.05, 3.63) is 24.3 Å². The third kappa shape index (κ3) is 19.5. The Kier molecular flexibility index (Phi) is 18.1. The van der Waals surface area contributed by atoms with Crippen molar-refractivity contribution >= 4 is 16.9 Å². The highest BCUT2D eigenvalue weighted by molar-refractivity contribution is 8.13. The van der Waals surface area contributed by atoms with Crippen LogP contribution in [0.15, 0.2) is 24.3 Å². The van der Waals surface area contributed by atoms with Crippen LogP contribution in [-0.4, -0.2) is 10.9 Å². The summed E-state index contributed by atoms with van der Waals surface area (Å²) in [6.45, 7) is 3.90. The topological polar surface area (TPSA) is 17.1 Å². The Morgan fingerprint density at radius 1 is 0.773 bits per heavy atom. The minimum absolute atomic E-state index is 0.252. The summed E-state index contributed by atoms with van der Waals surface area (Å²) in [7, 11) is 0. The first-order valence-corrected chi connectivity index (χ1v) is 10.2. The summed E-state index contributed by atoms with van der Waals surface area (Å²) < 4.78 is 0. The summed E-state index contributed by atoms with van der Waals surface area (Å²) in [5, 5.41) is 0.252. The molecule has 0 aliphatic heterocycles. The van der Waals surface area contributed by atoms with E-state index in [0.717, 1.165) is 12.2 Å². The van der Waals surface area contributed by atoms with Gasteiger partial charge in [-0.3, -0.25) is 4.79 Å². The molecule has 0 N–H and O–H groups in total. The predicted octanol–water partition coefficient (Wildman–Crippen LogP) is 7.08. The molecule has 0 bridgehead atoms. The number of thioether (sulfide) groups is 1. The largest absolute Gasteiger partial charge is 0.288 e. The lowest BCUT2D eigenvalue weighted by Crippen LogP contribution is -1.87. The highest BCUT2D eigenvalue weighted by Gasteiger charge is 1.94. The second-order valence-electron chi connectivity index (χ2n) is 5.92. The number of rotatable bonds is 15. The lowest BCUT2D eigenvalue weighted by molar-refractivity contribution is -0.109. The molecule has 0 aromatic heterocycles. The zero-order valence-corrected chi connectivity index (χ0v) is 15.6. The zero-order valence-electron chi connectivity index (χ0n) is 14.8. The van der Waals surface area contributed by atoms with Crippen LogP contribution in [0.5, 0.6) is 0 Å². The Morgan fingerprint density at radius 3 is 1.91 bits per heavy atom. The van der Waals surface area contributed by atoms with Crippen molar-refractivity contribution in [2.24, 2.45) is 0 Å². The van der Waals surface area contributed by atoms with E-state index in [4.69, 9.17) is 0 Å². The molecule has 0 radical (unpaired) electrons. The van der Waals surface area contributed by atoms with E-state index in [0.29, 0.717) is 0 Å². The molecule has 0 rings (SSSR count). The van der Waals surface area contributed by atoms with Crippen molar-refractivity contribution in [3.63, 3.8) is 0 Å². The Morgan fingerprint density at radius 2 is 1.32 bits per heavy atom. The summed E-state index contributed by atoms with van der Waals surface area (Å²) in [6.07, 6.45) is 24.6. The first-order chi connectivity index (χ1) is 10.8. The van der Waals surface area contributed by atoms with E-state index < -0.39 is 0 Å². The van der Waals surface area contributed by atoms with Crippen molar-refractivity contribution < 1.29 is 4.79 Å². The molecule has 0 aromatic carbocycles. The number of unbranched alkanes of at least 4 members (excludes halogenated alkanes) is 9. The van der Waals surface area contributed by atoms with E-state index >= 15 is 0 Å². The molecule has 0 spiro atoms. The average molecular weight is 325 g/mol. The van der Waals surface area contributed by atoms with Crippen LogP contribution >= 0.6 is 11.8 Å². The SMILES string of the molecule is CCCCC/C=C\C/C=C\CCCCCCCCSC(C)=O. The molecule has 0 heterocycles. The van der Waals surface area contributed by atoms with Crippen LogP contribution in [0.3, 0.4) is 0 Å². The van der Waals surface area contributed by atoms with Crippen LogP contribution in [0.2, 0.25) is 0 Å². The molecule has 0 saturated carbocycles. The number of carbonyl (C=O) groups excluding carboxylic acids is 1. The molecule has 0 atom stereocenters. The second-order valence-corrected chi connectivity index (χ2v) is 7.20. The molecule has 1 nitrogen and oxygen atoms in total. The molecule has 22 heavy (non-hydrogen) atoms. The third-order valence-electron chi connectivity index (χ3n) is 3.65. The first kappa shape index (κ1) is 21.5. The maximum absolute atomic E-state index is 10.8. The van der Waals surface area contributed by atoms with Gasteiger partial charge in [-0.15, -0.1) is 0 Å². The summed E-state index contributed by atoms with van der Waals surface area (Å²) in [5.74, 6) is 1.00. The van der Waals surface area contributed by atoms with Gasteiger partial charge in [0, 0.05) is 12.7 Å². The number of hydrogen-bond acceptors (Lipinski definition) is 2. The molecule has 0 aliphatic carbocycles. The summed E-state index contributed by atoms with van der Waals surface area (Å²) in [5.41, 5.74) is 0. The van der Waals surface area contributed by atoms with E-state index in [2.05, 4.69) is 31.2 Å². The standard InChI is InChI=1S/C20H36OS/c1-3-4-5-6-7-8-9-10-11-12-13-14-15-16-17-18-19-22-20(2)21/h7-8,10-11H,3-6,9,12-19H2,1-2H3/b8-7-,11-10-. The van der Waals surface area contributed by atoms with Gasteiger partial charge in [0.15, 0.2) is 5.12 Å². The fourth-order valence-corrected chi connectivity index (χ4v) is 2.94. The van der Waals surface area contributed by atoms with Gasteiger partial charge >= 0.3 is 0 Å². The minimum Gasteiger partial charge on any atom is -0.288 e. The van der Waals surface area contributed by atoms with Gasteiger partial charge in [-0.2, -0.15) is 0 Å². The van der Waals surface area contributed by atoms with Crippen molar-refractivity contribution in [2.45, 2.75) is 90.9 Å². The molecular weight excluding hydrogens is 288 g/mol. The summed E-state index contributed by atoms with van der Waals surface area (Å²) in [4.78, 5) is 10.8. The van der Waals surface area contributed by atoms with Crippen LogP contribution in [0.1, 0.15) is 90.9 Å². The first-order valence-electron chi connectivity index (χ1n) is 9.20. The van der Waals surface area contributed by atoms with Crippen LogP contribution in [0, 0.1) is 0 Å². The molecule has 0 aliphatic rings. The molecule has 0 saturated heterocycles. The van der Waals surface area contributed by atoms with Gasteiger partial charge in [-0.05, 0) is 38.5 Å². The predicted molar refractivity (Wildman–Crippen MR) is 102 cm³/mol. The molecule has 0 unspecified atom stereocenters. The average Bonchev–Trinajstić information content (AvgIpc) is 2.50. The van der Waals surface area contributed by atoms with Gasteiger partial charge in [0.1, 0.15) is 0 Å². The number of allylic oxidation sites excluding steroid dienone is 4. The van der Waals surface area contributed by atoms with E-state index in [1.54, 1.807) is 6.92 Å². The van der Waals surface area contributed by atoms with Gasteiger partial charge < -0.3 is 0 Å². The fraction of sp³-hybridized carbons (Fsp3) is 0.750. The molecule has 0 aromatic rings. The lowest BCUT2D eigenvalue weighted by Gasteiger charge is -2.00. The fourth-order valence-electron chi connectivity index (χ4n) is 2.31. The van der Waals surface area contributed by atoms with Crippen molar-refractivity contribution in [1.29, 1.82) is 0 Å². The number of carbonyl (C=O) groups is 1. The minimum atomic E-state index is 0.252. The van der Waals surface area contributed by atoms with E-state index in [-0.39, 0.29) is 5.12 Å². The third-order valence-corrected chi connectivity index (χ3v) is 4.55. The monoisotopic (exact) mass is 324 g/mol. The maximum atomic E-state index is 10.8. The molecule has 0 amide bonds. The van der Waals surface area contributed by atoms with Gasteiger partial charge in [0.25, 0.3) is 0 Å².